The summed E-state index contributed by atoms with van der Waals surface area (Å²) in [6.07, 6.45) is 0. The van der Waals surface area contributed by atoms with Crippen molar-refractivity contribution in [2.24, 2.45) is 5.92 Å². The van der Waals surface area contributed by atoms with Crippen LogP contribution in [-0.4, -0.2) is 68.8 Å². The number of fused-ring (bicyclic) bond motifs is 3. The molecule has 2 aliphatic heterocycles. The van der Waals surface area contributed by atoms with Crippen LogP contribution in [0, 0.1) is 5.92 Å². The molecular weight excluding hydrogens is 304 g/mol. The Morgan fingerprint density at radius 1 is 1.32 bits per heavy atom. The lowest BCUT2D eigenvalue weighted by molar-refractivity contribution is 0.0433. The summed E-state index contributed by atoms with van der Waals surface area (Å²) in [7, 11) is 3.67. The van der Waals surface area contributed by atoms with E-state index < -0.39 is 0 Å². The Bertz CT molecular complexity index is 566. The number of carbonyl (C=O) groups excluding carboxylic acids is 1. The first-order chi connectivity index (χ1) is 10.6. The quantitative estimate of drug-likeness (QED) is 0.831. The predicted molar refractivity (Wildman–Crippen MR) is 84.6 cm³/mol. The first kappa shape index (κ1) is 15.6. The van der Waals surface area contributed by atoms with Gasteiger partial charge in [-0.05, 0) is 25.2 Å². The molecule has 1 aromatic carbocycles. The van der Waals surface area contributed by atoms with Gasteiger partial charge in [0, 0.05) is 31.1 Å². The number of nitrogens with zero attached hydrogens (tertiary/aromatic N) is 2. The average molecular weight is 325 g/mol. The van der Waals surface area contributed by atoms with Crippen molar-refractivity contribution in [3.8, 4) is 5.75 Å². The van der Waals surface area contributed by atoms with Crippen molar-refractivity contribution in [3.05, 3.63) is 28.8 Å². The van der Waals surface area contributed by atoms with Gasteiger partial charge in [0.05, 0.1) is 31.4 Å². The molecule has 0 N–H and O–H groups in total. The van der Waals surface area contributed by atoms with E-state index in [9.17, 15) is 4.79 Å². The van der Waals surface area contributed by atoms with Gasteiger partial charge in [-0.1, -0.05) is 11.6 Å². The first-order valence-electron chi connectivity index (χ1n) is 7.49. The second kappa shape index (κ2) is 6.44. The number of methoxy groups -OCH3 is 1. The van der Waals surface area contributed by atoms with E-state index in [1.807, 2.05) is 4.90 Å². The van der Waals surface area contributed by atoms with Gasteiger partial charge < -0.3 is 14.4 Å². The lowest BCUT2D eigenvalue weighted by atomic mass is 10.1. The van der Waals surface area contributed by atoms with E-state index >= 15 is 0 Å². The minimum absolute atomic E-state index is 0.0248. The molecule has 2 saturated heterocycles. The maximum Gasteiger partial charge on any atom is 0.253 e. The highest BCUT2D eigenvalue weighted by molar-refractivity contribution is 6.32. The van der Waals surface area contributed by atoms with Crippen LogP contribution in [0.2, 0.25) is 5.02 Å². The summed E-state index contributed by atoms with van der Waals surface area (Å²) in [6.45, 7) is 3.78. The van der Waals surface area contributed by atoms with Crippen LogP contribution in [0.15, 0.2) is 18.2 Å². The Kier molecular flexibility index (Phi) is 4.57. The van der Waals surface area contributed by atoms with Gasteiger partial charge in [-0.15, -0.1) is 0 Å². The molecule has 0 spiro atoms. The van der Waals surface area contributed by atoms with E-state index in [1.54, 1.807) is 25.3 Å². The van der Waals surface area contributed by atoms with Crippen molar-refractivity contribution in [2.45, 2.75) is 6.04 Å². The highest BCUT2D eigenvalue weighted by Gasteiger charge is 2.33. The van der Waals surface area contributed by atoms with Gasteiger partial charge in [0.15, 0.2) is 0 Å². The molecule has 2 heterocycles. The second-order valence-corrected chi connectivity index (χ2v) is 6.46. The van der Waals surface area contributed by atoms with Crippen LogP contribution in [0.5, 0.6) is 5.75 Å². The zero-order valence-corrected chi connectivity index (χ0v) is 13.7. The molecule has 6 heteroatoms. The number of hydrogen-bond acceptors (Lipinski definition) is 4. The summed E-state index contributed by atoms with van der Waals surface area (Å²) in [4.78, 5) is 17.0. The molecule has 2 atom stereocenters. The fourth-order valence-electron chi connectivity index (χ4n) is 3.20. The number of rotatable bonds is 2. The summed E-state index contributed by atoms with van der Waals surface area (Å²) >= 11 is 6.14. The van der Waals surface area contributed by atoms with E-state index in [0.717, 1.165) is 13.1 Å². The largest absolute Gasteiger partial charge is 0.495 e. The van der Waals surface area contributed by atoms with Crippen molar-refractivity contribution >= 4 is 17.5 Å². The maximum absolute atomic E-state index is 12.8. The van der Waals surface area contributed by atoms with Crippen LogP contribution in [-0.2, 0) is 4.74 Å². The smallest absolute Gasteiger partial charge is 0.253 e. The third-order valence-electron chi connectivity index (χ3n) is 4.43. The van der Waals surface area contributed by atoms with E-state index in [2.05, 4.69) is 11.9 Å². The molecule has 22 heavy (non-hydrogen) atoms. The van der Waals surface area contributed by atoms with Crippen LogP contribution >= 0.6 is 11.6 Å². The molecule has 2 bridgehead atoms. The molecule has 0 unspecified atom stereocenters. The fraction of sp³-hybridized carbons (Fsp3) is 0.562. The predicted octanol–water partition coefficient (Wildman–Crippen LogP) is 1.75. The molecule has 1 amide bonds. The normalized spacial score (nSPS) is 25.7. The lowest BCUT2D eigenvalue weighted by Crippen LogP contribution is -2.44. The standard InChI is InChI=1S/C16H21ClN2O3/c1-18-6-11-7-19(8-13(18)10-22-9-11)16(20)12-3-4-15(21-2)14(17)5-12/h3-5,11,13H,6-10H2,1-2H3/t11-,13+/m1/s1. The van der Waals surface area contributed by atoms with Crippen LogP contribution in [0.1, 0.15) is 10.4 Å². The molecular formula is C16H21ClN2O3. The van der Waals surface area contributed by atoms with Crippen LogP contribution in [0.3, 0.4) is 0 Å². The number of ether oxygens (including phenoxy) is 2. The maximum atomic E-state index is 12.8. The molecule has 3 rings (SSSR count). The second-order valence-electron chi connectivity index (χ2n) is 6.06. The Balaban J connectivity index is 1.81. The lowest BCUT2D eigenvalue weighted by Gasteiger charge is -2.30. The third kappa shape index (κ3) is 3.07. The Hall–Kier alpha value is -1.30. The summed E-state index contributed by atoms with van der Waals surface area (Å²) in [5.74, 6) is 0.964. The van der Waals surface area contributed by atoms with Crippen molar-refractivity contribution in [1.82, 2.24) is 9.80 Å². The number of carbonyl (C=O) groups is 1. The Morgan fingerprint density at radius 3 is 2.86 bits per heavy atom. The molecule has 0 aliphatic carbocycles. The molecule has 1 aromatic rings. The summed E-state index contributed by atoms with van der Waals surface area (Å²) < 4.78 is 10.8. The molecule has 120 valence electrons. The van der Waals surface area contributed by atoms with Crippen molar-refractivity contribution in [2.75, 3.05) is 47.0 Å². The minimum Gasteiger partial charge on any atom is -0.495 e. The van der Waals surface area contributed by atoms with Gasteiger partial charge in [0.1, 0.15) is 5.75 Å². The third-order valence-corrected chi connectivity index (χ3v) is 4.72. The van der Waals surface area contributed by atoms with Crippen LogP contribution in [0.4, 0.5) is 0 Å². The number of amides is 1. The summed E-state index contributed by atoms with van der Waals surface area (Å²) in [6, 6.07) is 5.45. The monoisotopic (exact) mass is 324 g/mol. The highest BCUT2D eigenvalue weighted by atomic mass is 35.5. The highest BCUT2D eigenvalue weighted by Crippen LogP contribution is 2.26. The van der Waals surface area contributed by atoms with Crippen LogP contribution in [0.25, 0.3) is 0 Å². The first-order valence-corrected chi connectivity index (χ1v) is 7.87. The molecule has 0 saturated carbocycles. The van der Waals surface area contributed by atoms with E-state index in [-0.39, 0.29) is 11.9 Å². The molecule has 0 aromatic heterocycles. The number of halogens is 1. The van der Waals surface area contributed by atoms with Crippen molar-refractivity contribution in [1.29, 1.82) is 0 Å². The van der Waals surface area contributed by atoms with Gasteiger partial charge in [-0.2, -0.15) is 0 Å². The number of hydrogen-bond donors (Lipinski definition) is 0. The summed E-state index contributed by atoms with van der Waals surface area (Å²) in [5, 5.41) is 0.462. The zero-order valence-electron chi connectivity index (χ0n) is 12.9. The van der Waals surface area contributed by atoms with Gasteiger partial charge >= 0.3 is 0 Å². The average Bonchev–Trinajstić information content (AvgIpc) is 2.74. The van der Waals surface area contributed by atoms with E-state index in [4.69, 9.17) is 21.1 Å². The van der Waals surface area contributed by atoms with Gasteiger partial charge in [-0.3, -0.25) is 9.69 Å². The van der Waals surface area contributed by atoms with Gasteiger partial charge in [0.25, 0.3) is 5.91 Å². The zero-order chi connectivity index (χ0) is 15.7. The number of benzene rings is 1. The van der Waals surface area contributed by atoms with E-state index in [0.29, 0.717) is 42.0 Å². The topological polar surface area (TPSA) is 42.0 Å². The van der Waals surface area contributed by atoms with Crippen LogP contribution < -0.4 is 4.74 Å². The Labute approximate surface area is 135 Å². The molecule has 2 aliphatic rings. The minimum atomic E-state index is 0.0248. The SMILES string of the molecule is COc1ccc(C(=O)N2C[C@@H]3COC[C@H](C2)N(C)C3)cc1Cl. The van der Waals surface area contributed by atoms with E-state index in [1.165, 1.54) is 0 Å². The molecule has 0 radical (unpaired) electrons. The van der Waals surface area contributed by atoms with Crippen molar-refractivity contribution < 1.29 is 14.3 Å². The molecule has 2 fully saturated rings. The molecule has 5 nitrogen and oxygen atoms in total. The number of likely N-dealkylation sites (N-methyl/N-ethyl adjacent to an activating group) is 1. The fourth-order valence-corrected chi connectivity index (χ4v) is 3.46. The Morgan fingerprint density at radius 2 is 2.14 bits per heavy atom. The summed E-state index contributed by atoms with van der Waals surface area (Å²) in [5.41, 5.74) is 0.606. The van der Waals surface area contributed by atoms with Gasteiger partial charge in [0.2, 0.25) is 0 Å². The van der Waals surface area contributed by atoms with Crippen molar-refractivity contribution in [3.63, 3.8) is 0 Å². The van der Waals surface area contributed by atoms with Gasteiger partial charge in [-0.25, -0.2) is 0 Å².